The third-order valence-corrected chi connectivity index (χ3v) is 5.92. The molecule has 0 spiro atoms. The third-order valence-electron chi connectivity index (χ3n) is 5.92. The average molecular weight is 316 g/mol. The summed E-state index contributed by atoms with van der Waals surface area (Å²) in [5.74, 6) is 0.151. The summed E-state index contributed by atoms with van der Waals surface area (Å²) in [6, 6.07) is 0.767. The Bertz CT molecular complexity index is 561. The topological polar surface area (TPSA) is 52.2 Å². The third kappa shape index (κ3) is 3.03. The standard InChI is InChI=1S/C18H28N4O/c23-18(17-15-8-3-4-9-16(15)19-20-17)22-11-5-10-21(12-13-22)14-6-1-2-7-14/h14H,1-13H2,(H,19,20). The van der Waals surface area contributed by atoms with Gasteiger partial charge in [-0.1, -0.05) is 12.8 Å². The van der Waals surface area contributed by atoms with Gasteiger partial charge < -0.3 is 4.90 Å². The van der Waals surface area contributed by atoms with Crippen molar-refractivity contribution in [1.29, 1.82) is 0 Å². The van der Waals surface area contributed by atoms with E-state index in [0.29, 0.717) is 5.69 Å². The summed E-state index contributed by atoms with van der Waals surface area (Å²) in [4.78, 5) is 17.6. The molecule has 1 aliphatic heterocycles. The highest BCUT2D eigenvalue weighted by Crippen LogP contribution is 2.26. The van der Waals surface area contributed by atoms with Crippen molar-refractivity contribution in [2.45, 2.75) is 63.8 Å². The molecule has 1 saturated heterocycles. The summed E-state index contributed by atoms with van der Waals surface area (Å²) in [6.07, 6.45) is 11.0. The van der Waals surface area contributed by atoms with Gasteiger partial charge in [0.15, 0.2) is 5.69 Å². The average Bonchev–Trinajstić information content (AvgIpc) is 3.19. The van der Waals surface area contributed by atoms with Gasteiger partial charge in [-0.15, -0.1) is 0 Å². The molecule has 23 heavy (non-hydrogen) atoms. The number of nitrogens with zero attached hydrogens (tertiary/aromatic N) is 3. The molecule has 1 saturated carbocycles. The van der Waals surface area contributed by atoms with Crippen LogP contribution in [0.15, 0.2) is 0 Å². The highest BCUT2D eigenvalue weighted by atomic mass is 16.2. The number of aryl methyl sites for hydroxylation is 1. The molecule has 4 rings (SSSR count). The van der Waals surface area contributed by atoms with Crippen molar-refractivity contribution in [2.75, 3.05) is 26.2 Å². The maximum Gasteiger partial charge on any atom is 0.274 e. The monoisotopic (exact) mass is 316 g/mol. The van der Waals surface area contributed by atoms with Gasteiger partial charge in [-0.05, 0) is 44.9 Å². The minimum absolute atomic E-state index is 0.151. The molecule has 1 N–H and O–H groups in total. The molecule has 3 aliphatic rings. The summed E-state index contributed by atoms with van der Waals surface area (Å²) in [6.45, 7) is 3.91. The highest BCUT2D eigenvalue weighted by molar-refractivity contribution is 5.94. The Labute approximate surface area is 138 Å². The van der Waals surface area contributed by atoms with E-state index in [1.165, 1.54) is 49.8 Å². The van der Waals surface area contributed by atoms with Crippen LogP contribution in [-0.2, 0) is 12.8 Å². The van der Waals surface area contributed by atoms with Gasteiger partial charge in [-0.25, -0.2) is 0 Å². The van der Waals surface area contributed by atoms with Crippen LogP contribution in [0.2, 0.25) is 0 Å². The molecule has 0 aromatic carbocycles. The molecule has 0 unspecified atom stereocenters. The number of amides is 1. The number of aromatic nitrogens is 2. The lowest BCUT2D eigenvalue weighted by Gasteiger charge is -2.27. The Morgan fingerprint density at radius 3 is 2.65 bits per heavy atom. The quantitative estimate of drug-likeness (QED) is 0.911. The van der Waals surface area contributed by atoms with Crippen molar-refractivity contribution in [3.05, 3.63) is 17.0 Å². The minimum Gasteiger partial charge on any atom is -0.336 e. The lowest BCUT2D eigenvalue weighted by molar-refractivity contribution is 0.0751. The first-order valence-electron chi connectivity index (χ1n) is 9.42. The van der Waals surface area contributed by atoms with Crippen LogP contribution in [0.1, 0.15) is 66.7 Å². The van der Waals surface area contributed by atoms with Crippen molar-refractivity contribution in [1.82, 2.24) is 20.0 Å². The maximum atomic E-state index is 12.9. The van der Waals surface area contributed by atoms with Crippen molar-refractivity contribution in [3.8, 4) is 0 Å². The number of hydrogen-bond donors (Lipinski definition) is 1. The molecule has 0 bridgehead atoms. The molecule has 2 aliphatic carbocycles. The zero-order valence-corrected chi connectivity index (χ0v) is 14.0. The molecule has 5 heteroatoms. The number of hydrogen-bond acceptors (Lipinski definition) is 3. The molecule has 1 aromatic rings. The minimum atomic E-state index is 0.151. The van der Waals surface area contributed by atoms with Gasteiger partial charge in [0, 0.05) is 43.5 Å². The predicted octanol–water partition coefficient (Wildman–Crippen LogP) is 2.38. The Kier molecular flexibility index (Phi) is 4.38. The molecule has 1 amide bonds. The largest absolute Gasteiger partial charge is 0.336 e. The van der Waals surface area contributed by atoms with E-state index in [1.54, 1.807) is 0 Å². The number of rotatable bonds is 2. The Balaban J connectivity index is 1.43. The van der Waals surface area contributed by atoms with E-state index in [-0.39, 0.29) is 5.91 Å². The van der Waals surface area contributed by atoms with Gasteiger partial charge in [0.05, 0.1) is 0 Å². The van der Waals surface area contributed by atoms with Gasteiger partial charge in [-0.2, -0.15) is 5.10 Å². The van der Waals surface area contributed by atoms with E-state index >= 15 is 0 Å². The van der Waals surface area contributed by atoms with E-state index in [0.717, 1.165) is 51.5 Å². The van der Waals surface area contributed by atoms with Crippen LogP contribution in [0.3, 0.4) is 0 Å². The van der Waals surface area contributed by atoms with Gasteiger partial charge in [0.25, 0.3) is 5.91 Å². The van der Waals surface area contributed by atoms with Gasteiger partial charge in [-0.3, -0.25) is 14.8 Å². The van der Waals surface area contributed by atoms with Crippen LogP contribution < -0.4 is 0 Å². The van der Waals surface area contributed by atoms with Gasteiger partial charge >= 0.3 is 0 Å². The number of fused-ring (bicyclic) bond motifs is 1. The predicted molar refractivity (Wildman–Crippen MR) is 89.6 cm³/mol. The van der Waals surface area contributed by atoms with E-state index in [1.807, 2.05) is 4.90 Å². The molecule has 0 radical (unpaired) electrons. The molecule has 1 aromatic heterocycles. The number of carbonyl (C=O) groups is 1. The first-order valence-corrected chi connectivity index (χ1v) is 9.42. The Morgan fingerprint density at radius 2 is 1.78 bits per heavy atom. The van der Waals surface area contributed by atoms with Crippen molar-refractivity contribution in [3.63, 3.8) is 0 Å². The second-order valence-corrected chi connectivity index (χ2v) is 7.36. The number of H-pyrrole nitrogens is 1. The summed E-state index contributed by atoms with van der Waals surface area (Å²) in [5.41, 5.74) is 3.09. The molecule has 5 nitrogen and oxygen atoms in total. The van der Waals surface area contributed by atoms with Gasteiger partial charge in [0.2, 0.25) is 0 Å². The zero-order chi connectivity index (χ0) is 15.6. The second kappa shape index (κ2) is 6.63. The normalized spacial score (nSPS) is 23.7. The van der Waals surface area contributed by atoms with Crippen LogP contribution in [0.25, 0.3) is 0 Å². The lowest BCUT2D eigenvalue weighted by atomic mass is 9.95. The van der Waals surface area contributed by atoms with E-state index in [4.69, 9.17) is 0 Å². The molecule has 2 heterocycles. The van der Waals surface area contributed by atoms with Crippen LogP contribution in [0.5, 0.6) is 0 Å². The smallest absolute Gasteiger partial charge is 0.274 e. The van der Waals surface area contributed by atoms with Crippen LogP contribution in [-0.4, -0.2) is 58.1 Å². The highest BCUT2D eigenvalue weighted by Gasteiger charge is 2.29. The van der Waals surface area contributed by atoms with Gasteiger partial charge in [0.1, 0.15) is 0 Å². The fourth-order valence-electron chi connectivity index (χ4n) is 4.58. The summed E-state index contributed by atoms with van der Waals surface area (Å²) in [5, 5.41) is 7.48. The van der Waals surface area contributed by atoms with E-state index in [9.17, 15) is 4.79 Å². The molecule has 0 atom stereocenters. The zero-order valence-electron chi connectivity index (χ0n) is 14.0. The molecular formula is C18H28N4O. The van der Waals surface area contributed by atoms with E-state index < -0.39 is 0 Å². The SMILES string of the molecule is O=C(c1n[nH]c2c1CCCC2)N1CCCN(C2CCCC2)CC1. The summed E-state index contributed by atoms with van der Waals surface area (Å²) < 4.78 is 0. The number of aromatic amines is 1. The van der Waals surface area contributed by atoms with Crippen molar-refractivity contribution < 1.29 is 4.79 Å². The van der Waals surface area contributed by atoms with Crippen molar-refractivity contribution >= 4 is 5.91 Å². The second-order valence-electron chi connectivity index (χ2n) is 7.36. The Morgan fingerprint density at radius 1 is 0.957 bits per heavy atom. The Hall–Kier alpha value is -1.36. The molecule has 126 valence electrons. The van der Waals surface area contributed by atoms with Crippen LogP contribution >= 0.6 is 0 Å². The lowest BCUT2D eigenvalue weighted by Crippen LogP contribution is -2.38. The van der Waals surface area contributed by atoms with Crippen molar-refractivity contribution in [2.24, 2.45) is 0 Å². The summed E-state index contributed by atoms with van der Waals surface area (Å²) in [7, 11) is 0. The van der Waals surface area contributed by atoms with E-state index in [2.05, 4.69) is 15.1 Å². The first kappa shape index (κ1) is 15.2. The fraction of sp³-hybridized carbons (Fsp3) is 0.778. The maximum absolute atomic E-state index is 12.9. The number of nitrogens with one attached hydrogen (secondary N) is 1. The first-order chi connectivity index (χ1) is 11.3. The fourth-order valence-corrected chi connectivity index (χ4v) is 4.58. The van der Waals surface area contributed by atoms with Crippen LogP contribution in [0.4, 0.5) is 0 Å². The number of carbonyl (C=O) groups excluding carboxylic acids is 1. The molecular weight excluding hydrogens is 288 g/mol. The summed E-state index contributed by atoms with van der Waals surface area (Å²) >= 11 is 0. The van der Waals surface area contributed by atoms with Crippen LogP contribution in [0, 0.1) is 0 Å². The molecule has 2 fully saturated rings.